The summed E-state index contributed by atoms with van der Waals surface area (Å²) in [5.41, 5.74) is 1.02. The molecule has 0 bridgehead atoms. The molecule has 0 radical (unpaired) electrons. The zero-order valence-corrected chi connectivity index (χ0v) is 11.7. The Morgan fingerprint density at radius 1 is 1.42 bits per heavy atom. The highest BCUT2D eigenvalue weighted by Gasteiger charge is 2.20. The van der Waals surface area contributed by atoms with E-state index in [2.05, 4.69) is 6.07 Å². The van der Waals surface area contributed by atoms with Crippen LogP contribution >= 0.6 is 0 Å². The number of benzene rings is 1. The standard InChI is InChI=1S/C15H20N2O2/c1-4-5-13(10-16)15(18)17(2)11-12-6-8-14(19-3)9-7-12/h6-9,13H,4-5,11H2,1-3H3. The van der Waals surface area contributed by atoms with Crippen molar-refractivity contribution >= 4 is 5.91 Å². The van der Waals surface area contributed by atoms with Gasteiger partial charge in [0.05, 0.1) is 13.2 Å². The molecule has 4 nitrogen and oxygen atoms in total. The fourth-order valence-electron chi connectivity index (χ4n) is 1.88. The maximum Gasteiger partial charge on any atom is 0.239 e. The lowest BCUT2D eigenvalue weighted by Gasteiger charge is -2.20. The van der Waals surface area contributed by atoms with E-state index in [-0.39, 0.29) is 5.91 Å². The summed E-state index contributed by atoms with van der Waals surface area (Å²) in [6.45, 7) is 2.48. The molecule has 0 heterocycles. The van der Waals surface area contributed by atoms with E-state index in [4.69, 9.17) is 10.00 Å². The van der Waals surface area contributed by atoms with Crippen molar-refractivity contribution in [3.05, 3.63) is 29.8 Å². The second kappa shape index (κ2) is 7.42. The van der Waals surface area contributed by atoms with E-state index in [1.54, 1.807) is 19.1 Å². The summed E-state index contributed by atoms with van der Waals surface area (Å²) in [5.74, 6) is 0.145. The van der Waals surface area contributed by atoms with E-state index in [9.17, 15) is 4.79 Å². The predicted octanol–water partition coefficient (Wildman–Crippen LogP) is 2.59. The molecule has 0 aliphatic rings. The van der Waals surface area contributed by atoms with Crippen LogP contribution in [0.5, 0.6) is 5.75 Å². The number of hydrogen-bond acceptors (Lipinski definition) is 3. The van der Waals surface area contributed by atoms with Gasteiger partial charge < -0.3 is 9.64 Å². The number of carbonyl (C=O) groups excluding carboxylic acids is 1. The number of amides is 1. The maximum atomic E-state index is 12.1. The summed E-state index contributed by atoms with van der Waals surface area (Å²) in [6, 6.07) is 9.64. The minimum atomic E-state index is -0.534. The van der Waals surface area contributed by atoms with Crippen molar-refractivity contribution in [2.45, 2.75) is 26.3 Å². The molecule has 102 valence electrons. The molecule has 4 heteroatoms. The monoisotopic (exact) mass is 260 g/mol. The summed E-state index contributed by atoms with van der Waals surface area (Å²) < 4.78 is 5.09. The van der Waals surface area contributed by atoms with Gasteiger partial charge in [-0.15, -0.1) is 0 Å². The van der Waals surface area contributed by atoms with Crippen molar-refractivity contribution in [2.24, 2.45) is 5.92 Å². The van der Waals surface area contributed by atoms with E-state index in [0.717, 1.165) is 17.7 Å². The zero-order valence-electron chi connectivity index (χ0n) is 11.7. The van der Waals surface area contributed by atoms with Gasteiger partial charge in [0, 0.05) is 13.6 Å². The Morgan fingerprint density at radius 2 is 2.05 bits per heavy atom. The van der Waals surface area contributed by atoms with Crippen LogP contribution in [-0.4, -0.2) is 25.0 Å². The Bertz CT molecular complexity index is 448. The Kier molecular flexibility index (Phi) is 5.87. The molecule has 0 aliphatic heterocycles. The number of nitrogens with zero attached hydrogens (tertiary/aromatic N) is 2. The van der Waals surface area contributed by atoms with Crippen LogP contribution in [0, 0.1) is 17.2 Å². The van der Waals surface area contributed by atoms with Crippen molar-refractivity contribution in [1.29, 1.82) is 5.26 Å². The van der Waals surface area contributed by atoms with E-state index >= 15 is 0 Å². The first-order valence-corrected chi connectivity index (χ1v) is 6.39. The molecule has 0 saturated carbocycles. The van der Waals surface area contributed by atoms with Gasteiger partial charge in [0.25, 0.3) is 0 Å². The van der Waals surface area contributed by atoms with Crippen molar-refractivity contribution in [3.63, 3.8) is 0 Å². The molecule has 0 aliphatic carbocycles. The third-order valence-corrected chi connectivity index (χ3v) is 2.99. The number of methoxy groups -OCH3 is 1. The number of ether oxygens (including phenoxy) is 1. The molecular weight excluding hydrogens is 240 g/mol. The van der Waals surface area contributed by atoms with Crippen LogP contribution in [0.1, 0.15) is 25.3 Å². The quantitative estimate of drug-likeness (QED) is 0.790. The van der Waals surface area contributed by atoms with Crippen LogP contribution in [0.25, 0.3) is 0 Å². The highest BCUT2D eigenvalue weighted by Crippen LogP contribution is 2.14. The van der Waals surface area contributed by atoms with E-state index in [0.29, 0.717) is 13.0 Å². The Labute approximate surface area is 114 Å². The molecule has 1 atom stereocenters. The Morgan fingerprint density at radius 3 is 2.53 bits per heavy atom. The second-order valence-corrected chi connectivity index (χ2v) is 4.51. The normalized spacial score (nSPS) is 11.5. The summed E-state index contributed by atoms with van der Waals surface area (Å²) in [7, 11) is 3.35. The zero-order chi connectivity index (χ0) is 14.3. The lowest BCUT2D eigenvalue weighted by Crippen LogP contribution is -2.31. The molecule has 0 saturated heterocycles. The van der Waals surface area contributed by atoms with Crippen LogP contribution in [0.4, 0.5) is 0 Å². The van der Waals surface area contributed by atoms with Gasteiger partial charge in [-0.1, -0.05) is 25.5 Å². The second-order valence-electron chi connectivity index (χ2n) is 4.51. The first-order valence-electron chi connectivity index (χ1n) is 6.39. The molecule has 1 aromatic rings. The number of rotatable bonds is 6. The minimum Gasteiger partial charge on any atom is -0.497 e. The average Bonchev–Trinajstić information content (AvgIpc) is 2.44. The van der Waals surface area contributed by atoms with E-state index in [1.165, 1.54) is 0 Å². The van der Waals surface area contributed by atoms with E-state index < -0.39 is 5.92 Å². The topological polar surface area (TPSA) is 53.3 Å². The van der Waals surface area contributed by atoms with Gasteiger partial charge >= 0.3 is 0 Å². The van der Waals surface area contributed by atoms with Gasteiger partial charge in [0.15, 0.2) is 0 Å². The number of hydrogen-bond donors (Lipinski definition) is 0. The van der Waals surface area contributed by atoms with Crippen molar-refractivity contribution in [1.82, 2.24) is 4.90 Å². The molecule has 0 spiro atoms. The van der Waals surface area contributed by atoms with Crippen LogP contribution in [0.3, 0.4) is 0 Å². The molecule has 0 aromatic heterocycles. The summed E-state index contributed by atoms with van der Waals surface area (Å²) in [4.78, 5) is 13.7. The third kappa shape index (κ3) is 4.29. The number of nitriles is 1. The summed E-state index contributed by atoms with van der Waals surface area (Å²) in [6.07, 6.45) is 1.45. The van der Waals surface area contributed by atoms with Crippen LogP contribution in [0.2, 0.25) is 0 Å². The van der Waals surface area contributed by atoms with Crippen molar-refractivity contribution < 1.29 is 9.53 Å². The SMILES string of the molecule is CCCC(C#N)C(=O)N(C)Cc1ccc(OC)cc1. The third-order valence-electron chi connectivity index (χ3n) is 2.99. The predicted molar refractivity (Wildman–Crippen MR) is 73.5 cm³/mol. The smallest absolute Gasteiger partial charge is 0.239 e. The molecule has 1 aromatic carbocycles. The molecule has 0 fully saturated rings. The Balaban J connectivity index is 2.65. The fraction of sp³-hybridized carbons (Fsp3) is 0.467. The summed E-state index contributed by atoms with van der Waals surface area (Å²) >= 11 is 0. The lowest BCUT2D eigenvalue weighted by atomic mass is 10.0. The molecule has 1 amide bonds. The first kappa shape index (κ1) is 15.0. The first-order chi connectivity index (χ1) is 9.12. The summed E-state index contributed by atoms with van der Waals surface area (Å²) in [5, 5.41) is 9.00. The molecule has 0 N–H and O–H groups in total. The highest BCUT2D eigenvalue weighted by molar-refractivity contribution is 5.80. The number of carbonyl (C=O) groups is 1. The Hall–Kier alpha value is -2.02. The largest absolute Gasteiger partial charge is 0.497 e. The van der Waals surface area contributed by atoms with Crippen LogP contribution in [-0.2, 0) is 11.3 Å². The van der Waals surface area contributed by atoms with Gasteiger partial charge in [0.2, 0.25) is 5.91 Å². The van der Waals surface area contributed by atoms with Gasteiger partial charge in [-0.25, -0.2) is 0 Å². The van der Waals surface area contributed by atoms with Gasteiger partial charge in [-0.2, -0.15) is 5.26 Å². The molecule has 1 rings (SSSR count). The fourth-order valence-corrected chi connectivity index (χ4v) is 1.88. The highest BCUT2D eigenvalue weighted by atomic mass is 16.5. The maximum absolute atomic E-state index is 12.1. The lowest BCUT2D eigenvalue weighted by molar-refractivity contribution is -0.133. The van der Waals surface area contributed by atoms with Crippen molar-refractivity contribution in [2.75, 3.05) is 14.2 Å². The van der Waals surface area contributed by atoms with Gasteiger partial charge in [-0.05, 0) is 24.1 Å². The molecular formula is C15H20N2O2. The van der Waals surface area contributed by atoms with Gasteiger partial charge in [-0.3, -0.25) is 4.79 Å². The minimum absolute atomic E-state index is 0.111. The van der Waals surface area contributed by atoms with Crippen LogP contribution in [0.15, 0.2) is 24.3 Å². The average molecular weight is 260 g/mol. The molecule has 19 heavy (non-hydrogen) atoms. The van der Waals surface area contributed by atoms with Crippen LogP contribution < -0.4 is 4.74 Å². The van der Waals surface area contributed by atoms with E-state index in [1.807, 2.05) is 31.2 Å². The van der Waals surface area contributed by atoms with Crippen molar-refractivity contribution in [3.8, 4) is 11.8 Å². The van der Waals surface area contributed by atoms with Gasteiger partial charge in [0.1, 0.15) is 11.7 Å². The molecule has 1 unspecified atom stereocenters.